The van der Waals surface area contributed by atoms with Crippen LogP contribution in [0, 0.1) is 28.4 Å². The van der Waals surface area contributed by atoms with Crippen molar-refractivity contribution >= 4 is 5.69 Å². The van der Waals surface area contributed by atoms with Crippen molar-refractivity contribution in [3.05, 3.63) is 33.4 Å². The SMILES string of the molecule is CCCCOc1c(C)cc([N+](=O)[O-])cc1C#N. The molecular formula is C12H14N2O3. The molecule has 0 aliphatic heterocycles. The van der Waals surface area contributed by atoms with Gasteiger partial charge in [0.2, 0.25) is 0 Å². The molecule has 0 aromatic heterocycles. The normalized spacial score (nSPS) is 9.71. The number of nitriles is 1. The molecule has 5 heteroatoms. The number of rotatable bonds is 5. The smallest absolute Gasteiger partial charge is 0.271 e. The first-order chi connectivity index (χ1) is 8.10. The first kappa shape index (κ1) is 13.0. The van der Waals surface area contributed by atoms with Gasteiger partial charge in [-0.25, -0.2) is 0 Å². The molecule has 0 heterocycles. The molecule has 0 aliphatic carbocycles. The first-order valence-corrected chi connectivity index (χ1v) is 5.42. The fraction of sp³-hybridized carbons (Fsp3) is 0.417. The van der Waals surface area contributed by atoms with E-state index in [1.807, 2.05) is 13.0 Å². The highest BCUT2D eigenvalue weighted by atomic mass is 16.6. The number of nitro benzene ring substituents is 1. The van der Waals surface area contributed by atoms with E-state index in [1.54, 1.807) is 6.92 Å². The Bertz CT molecular complexity index is 464. The summed E-state index contributed by atoms with van der Waals surface area (Å²) in [5.74, 6) is 0.451. The highest BCUT2D eigenvalue weighted by molar-refractivity contribution is 5.54. The predicted molar refractivity (Wildman–Crippen MR) is 63.0 cm³/mol. The number of hydrogen-bond donors (Lipinski definition) is 0. The Morgan fingerprint density at radius 1 is 1.53 bits per heavy atom. The second-order valence-electron chi connectivity index (χ2n) is 3.71. The summed E-state index contributed by atoms with van der Waals surface area (Å²) >= 11 is 0. The molecule has 0 atom stereocenters. The molecule has 0 saturated heterocycles. The average molecular weight is 234 g/mol. The maximum Gasteiger partial charge on any atom is 0.271 e. The van der Waals surface area contributed by atoms with Gasteiger partial charge in [-0.15, -0.1) is 0 Å². The number of nitro groups is 1. The van der Waals surface area contributed by atoms with Gasteiger partial charge in [0.25, 0.3) is 5.69 Å². The summed E-state index contributed by atoms with van der Waals surface area (Å²) in [6, 6.07) is 4.59. The lowest BCUT2D eigenvalue weighted by atomic mass is 10.1. The summed E-state index contributed by atoms with van der Waals surface area (Å²) in [6.45, 7) is 4.26. The molecule has 0 unspecified atom stereocenters. The van der Waals surface area contributed by atoms with Gasteiger partial charge < -0.3 is 4.74 Å². The van der Waals surface area contributed by atoms with Crippen LogP contribution in [0.5, 0.6) is 5.75 Å². The third-order valence-electron chi connectivity index (χ3n) is 2.33. The number of non-ortho nitro benzene ring substituents is 1. The van der Waals surface area contributed by atoms with E-state index in [0.29, 0.717) is 17.9 Å². The first-order valence-electron chi connectivity index (χ1n) is 5.42. The molecule has 0 bridgehead atoms. The van der Waals surface area contributed by atoms with E-state index in [9.17, 15) is 10.1 Å². The molecule has 0 N–H and O–H groups in total. The van der Waals surface area contributed by atoms with Crippen molar-refractivity contribution in [3.8, 4) is 11.8 Å². The molecule has 0 aliphatic rings. The molecule has 0 amide bonds. The highest BCUT2D eigenvalue weighted by Gasteiger charge is 2.15. The molecule has 0 radical (unpaired) electrons. The van der Waals surface area contributed by atoms with Gasteiger partial charge in [-0.1, -0.05) is 13.3 Å². The zero-order valence-electron chi connectivity index (χ0n) is 9.90. The van der Waals surface area contributed by atoms with Crippen LogP contribution in [0.3, 0.4) is 0 Å². The van der Waals surface area contributed by atoms with Crippen molar-refractivity contribution in [3.63, 3.8) is 0 Å². The monoisotopic (exact) mass is 234 g/mol. The summed E-state index contributed by atoms with van der Waals surface area (Å²) in [5, 5.41) is 19.6. The van der Waals surface area contributed by atoms with Gasteiger partial charge in [0.1, 0.15) is 17.4 Å². The van der Waals surface area contributed by atoms with E-state index in [0.717, 1.165) is 12.8 Å². The van der Waals surface area contributed by atoms with E-state index >= 15 is 0 Å². The summed E-state index contributed by atoms with van der Waals surface area (Å²) in [6.07, 6.45) is 1.88. The Labute approximate surface area is 99.8 Å². The van der Waals surface area contributed by atoms with Gasteiger partial charge in [-0.2, -0.15) is 5.26 Å². The molecule has 90 valence electrons. The topological polar surface area (TPSA) is 76.2 Å². The molecule has 0 spiro atoms. The summed E-state index contributed by atoms with van der Waals surface area (Å²) < 4.78 is 5.49. The maximum atomic E-state index is 10.6. The minimum Gasteiger partial charge on any atom is -0.492 e. The third kappa shape index (κ3) is 3.18. The van der Waals surface area contributed by atoms with Gasteiger partial charge in [0.05, 0.1) is 11.5 Å². The lowest BCUT2D eigenvalue weighted by Gasteiger charge is -2.10. The maximum absolute atomic E-state index is 10.6. The second-order valence-corrected chi connectivity index (χ2v) is 3.71. The van der Waals surface area contributed by atoms with Crippen LogP contribution in [-0.4, -0.2) is 11.5 Å². The molecule has 17 heavy (non-hydrogen) atoms. The van der Waals surface area contributed by atoms with Crippen LogP contribution in [0.2, 0.25) is 0 Å². The molecule has 1 aromatic rings. The quantitative estimate of drug-likeness (QED) is 0.446. The Morgan fingerprint density at radius 2 is 2.24 bits per heavy atom. The Balaban J connectivity index is 3.05. The summed E-state index contributed by atoms with van der Waals surface area (Å²) in [4.78, 5) is 10.1. The van der Waals surface area contributed by atoms with Gasteiger partial charge >= 0.3 is 0 Å². The number of unbranched alkanes of at least 4 members (excludes halogenated alkanes) is 1. The van der Waals surface area contributed by atoms with Crippen molar-refractivity contribution in [2.75, 3.05) is 6.61 Å². The van der Waals surface area contributed by atoms with Crippen LogP contribution >= 0.6 is 0 Å². The Hall–Kier alpha value is -2.09. The van der Waals surface area contributed by atoms with Crippen molar-refractivity contribution in [1.29, 1.82) is 5.26 Å². The lowest BCUT2D eigenvalue weighted by molar-refractivity contribution is -0.384. The Kier molecular flexibility index (Phi) is 4.46. The highest BCUT2D eigenvalue weighted by Crippen LogP contribution is 2.28. The fourth-order valence-electron chi connectivity index (χ4n) is 1.45. The standard InChI is InChI=1S/C12H14N2O3/c1-3-4-5-17-12-9(2)6-11(14(15)16)7-10(12)8-13/h6-7H,3-5H2,1-2H3. The fourth-order valence-corrected chi connectivity index (χ4v) is 1.45. The number of ether oxygens (including phenoxy) is 1. The van der Waals surface area contributed by atoms with Crippen LogP contribution in [0.15, 0.2) is 12.1 Å². The van der Waals surface area contributed by atoms with Crippen LogP contribution in [0.25, 0.3) is 0 Å². The van der Waals surface area contributed by atoms with E-state index in [4.69, 9.17) is 10.00 Å². The third-order valence-corrected chi connectivity index (χ3v) is 2.33. The largest absolute Gasteiger partial charge is 0.492 e. The van der Waals surface area contributed by atoms with E-state index in [2.05, 4.69) is 0 Å². The zero-order valence-corrected chi connectivity index (χ0v) is 9.90. The van der Waals surface area contributed by atoms with Crippen molar-refractivity contribution < 1.29 is 9.66 Å². The van der Waals surface area contributed by atoms with Gasteiger partial charge in [0.15, 0.2) is 0 Å². The molecule has 1 aromatic carbocycles. The Morgan fingerprint density at radius 3 is 2.76 bits per heavy atom. The molecule has 5 nitrogen and oxygen atoms in total. The van der Waals surface area contributed by atoms with Crippen molar-refractivity contribution in [1.82, 2.24) is 0 Å². The van der Waals surface area contributed by atoms with Crippen LogP contribution in [-0.2, 0) is 0 Å². The zero-order chi connectivity index (χ0) is 12.8. The van der Waals surface area contributed by atoms with Gasteiger partial charge in [-0.05, 0) is 18.9 Å². The number of hydrogen-bond acceptors (Lipinski definition) is 4. The second kappa shape index (κ2) is 5.85. The molecule has 0 saturated carbocycles. The predicted octanol–water partition coefficient (Wildman–Crippen LogP) is 2.95. The van der Waals surface area contributed by atoms with Crippen LogP contribution in [0.4, 0.5) is 5.69 Å². The van der Waals surface area contributed by atoms with Gasteiger partial charge in [-0.3, -0.25) is 10.1 Å². The number of nitrogens with zero attached hydrogens (tertiary/aromatic N) is 2. The number of aryl methyl sites for hydroxylation is 1. The van der Waals surface area contributed by atoms with Crippen LogP contribution in [0.1, 0.15) is 30.9 Å². The van der Waals surface area contributed by atoms with E-state index < -0.39 is 4.92 Å². The van der Waals surface area contributed by atoms with Crippen molar-refractivity contribution in [2.45, 2.75) is 26.7 Å². The van der Waals surface area contributed by atoms with E-state index in [-0.39, 0.29) is 11.3 Å². The number of benzene rings is 1. The minimum atomic E-state index is -0.510. The van der Waals surface area contributed by atoms with Gasteiger partial charge in [0, 0.05) is 12.1 Å². The summed E-state index contributed by atoms with van der Waals surface area (Å²) in [7, 11) is 0. The average Bonchev–Trinajstić information content (AvgIpc) is 2.30. The lowest BCUT2D eigenvalue weighted by Crippen LogP contribution is -2.01. The molecule has 0 fully saturated rings. The minimum absolute atomic E-state index is 0.0816. The van der Waals surface area contributed by atoms with Crippen molar-refractivity contribution in [2.24, 2.45) is 0 Å². The molecular weight excluding hydrogens is 220 g/mol. The summed E-state index contributed by atoms with van der Waals surface area (Å²) in [5.41, 5.74) is 0.751. The van der Waals surface area contributed by atoms with E-state index in [1.165, 1.54) is 12.1 Å². The molecule has 1 rings (SSSR count). The van der Waals surface area contributed by atoms with Crippen LogP contribution < -0.4 is 4.74 Å².